The van der Waals surface area contributed by atoms with E-state index in [1.54, 1.807) is 0 Å². The molecular weight excluding hydrogens is 216 g/mol. The third-order valence-corrected chi connectivity index (χ3v) is 3.25. The van der Waals surface area contributed by atoms with E-state index in [2.05, 4.69) is 0 Å². The fourth-order valence-corrected chi connectivity index (χ4v) is 2.28. The van der Waals surface area contributed by atoms with Crippen molar-refractivity contribution in [2.45, 2.75) is 25.5 Å². The molecule has 84 valence electrons. The summed E-state index contributed by atoms with van der Waals surface area (Å²) in [5.74, 6) is 0.779. The Bertz CT molecular complexity index is 397. The second-order valence-electron chi connectivity index (χ2n) is 3.24. The lowest BCUT2D eigenvalue weighted by Crippen LogP contribution is -2.05. The van der Waals surface area contributed by atoms with Crippen LogP contribution in [-0.2, 0) is 16.6 Å². The predicted octanol–water partition coefficient (Wildman–Crippen LogP) is 1.39. The van der Waals surface area contributed by atoms with E-state index < -0.39 is 22.0 Å². The molecular formula is C10H14O4S. The molecule has 5 heteroatoms. The molecule has 1 aromatic rings. The van der Waals surface area contributed by atoms with E-state index in [-0.39, 0.29) is 5.75 Å². The van der Waals surface area contributed by atoms with Gasteiger partial charge in [-0.1, -0.05) is 13.3 Å². The van der Waals surface area contributed by atoms with Gasteiger partial charge in [-0.15, -0.1) is 0 Å². The van der Waals surface area contributed by atoms with E-state index in [0.29, 0.717) is 11.5 Å². The minimum atomic E-state index is -1.00. The van der Waals surface area contributed by atoms with Crippen LogP contribution in [-0.4, -0.2) is 15.1 Å². The quantitative estimate of drug-likeness (QED) is 0.830. The van der Waals surface area contributed by atoms with Crippen LogP contribution in [0.25, 0.3) is 0 Å². The third-order valence-electron chi connectivity index (χ3n) is 1.90. The van der Waals surface area contributed by atoms with Gasteiger partial charge in [0.05, 0.1) is 5.75 Å². The zero-order chi connectivity index (χ0) is 11.3. The highest BCUT2D eigenvalue weighted by Crippen LogP contribution is 2.06. The van der Waals surface area contributed by atoms with Crippen molar-refractivity contribution >= 4 is 10.8 Å². The van der Waals surface area contributed by atoms with Gasteiger partial charge >= 0.3 is 0 Å². The largest absolute Gasteiger partial charge is 0.502 e. The monoisotopic (exact) mass is 230 g/mol. The molecule has 1 heterocycles. The van der Waals surface area contributed by atoms with Crippen molar-refractivity contribution in [3.63, 3.8) is 0 Å². The lowest BCUT2D eigenvalue weighted by atomic mass is 10.4. The maximum Gasteiger partial charge on any atom is 0.226 e. The van der Waals surface area contributed by atoms with Gasteiger partial charge in [0.25, 0.3) is 0 Å². The minimum absolute atomic E-state index is 0.232. The molecule has 0 spiro atoms. The Labute approximate surface area is 90.4 Å². The minimum Gasteiger partial charge on any atom is -0.502 e. The Kier molecular flexibility index (Phi) is 4.55. The molecule has 1 rings (SSSR count). The van der Waals surface area contributed by atoms with E-state index in [4.69, 9.17) is 9.52 Å². The van der Waals surface area contributed by atoms with Crippen LogP contribution >= 0.6 is 0 Å². The highest BCUT2D eigenvalue weighted by atomic mass is 32.2. The molecule has 0 saturated carbocycles. The summed E-state index contributed by atoms with van der Waals surface area (Å²) in [4.78, 5) is 11.0. The van der Waals surface area contributed by atoms with Gasteiger partial charge in [0.2, 0.25) is 5.43 Å². The topological polar surface area (TPSA) is 67.5 Å². The lowest BCUT2D eigenvalue weighted by Gasteiger charge is -2.00. The standard InChI is InChI=1S/C10H14O4S/c1-2-3-4-15(13)7-8-5-9(11)10(12)6-14-8/h5-6,12H,2-4,7H2,1H3. The summed E-state index contributed by atoms with van der Waals surface area (Å²) < 4.78 is 16.4. The van der Waals surface area contributed by atoms with Crippen molar-refractivity contribution < 1.29 is 13.7 Å². The van der Waals surface area contributed by atoms with Crippen LogP contribution in [0.2, 0.25) is 0 Å². The van der Waals surface area contributed by atoms with Gasteiger partial charge in [-0.3, -0.25) is 9.00 Å². The zero-order valence-electron chi connectivity index (χ0n) is 8.56. The van der Waals surface area contributed by atoms with E-state index >= 15 is 0 Å². The van der Waals surface area contributed by atoms with Crippen molar-refractivity contribution in [2.24, 2.45) is 0 Å². The van der Waals surface area contributed by atoms with E-state index in [1.807, 2.05) is 6.92 Å². The summed E-state index contributed by atoms with van der Waals surface area (Å²) in [5.41, 5.74) is -0.497. The van der Waals surface area contributed by atoms with Crippen LogP contribution in [0, 0.1) is 0 Å². The predicted molar refractivity (Wildman–Crippen MR) is 58.3 cm³/mol. The molecule has 1 N–H and O–H groups in total. The fraction of sp³-hybridized carbons (Fsp3) is 0.500. The molecule has 1 aromatic heterocycles. The van der Waals surface area contributed by atoms with Gasteiger partial charge in [0.1, 0.15) is 12.0 Å². The molecule has 1 atom stereocenters. The van der Waals surface area contributed by atoms with Crippen LogP contribution in [0.1, 0.15) is 25.5 Å². The number of unbranched alkanes of at least 4 members (excludes halogenated alkanes) is 1. The first-order chi connectivity index (χ1) is 7.13. The summed E-state index contributed by atoms with van der Waals surface area (Å²) in [5, 5.41) is 8.94. The van der Waals surface area contributed by atoms with Gasteiger partial charge in [-0.05, 0) is 6.42 Å². The fourth-order valence-electron chi connectivity index (χ4n) is 1.06. The molecule has 0 aliphatic heterocycles. The summed E-state index contributed by atoms with van der Waals surface area (Å²) in [6.07, 6.45) is 2.87. The Morgan fingerprint density at radius 1 is 1.53 bits per heavy atom. The Morgan fingerprint density at radius 3 is 2.87 bits per heavy atom. The first-order valence-electron chi connectivity index (χ1n) is 4.79. The van der Waals surface area contributed by atoms with Crippen LogP contribution in [0.4, 0.5) is 0 Å². The van der Waals surface area contributed by atoms with E-state index in [0.717, 1.165) is 19.1 Å². The molecule has 0 fully saturated rings. The number of hydrogen-bond donors (Lipinski definition) is 1. The van der Waals surface area contributed by atoms with Gasteiger partial charge in [-0.2, -0.15) is 0 Å². The van der Waals surface area contributed by atoms with Crippen molar-refractivity contribution in [1.82, 2.24) is 0 Å². The van der Waals surface area contributed by atoms with Crippen molar-refractivity contribution in [2.75, 3.05) is 5.75 Å². The van der Waals surface area contributed by atoms with Crippen LogP contribution < -0.4 is 5.43 Å². The lowest BCUT2D eigenvalue weighted by molar-refractivity contribution is 0.418. The first kappa shape index (κ1) is 12.0. The normalized spacial score (nSPS) is 12.6. The molecule has 4 nitrogen and oxygen atoms in total. The van der Waals surface area contributed by atoms with Crippen molar-refractivity contribution in [3.05, 3.63) is 28.3 Å². The molecule has 0 aromatic carbocycles. The van der Waals surface area contributed by atoms with Crippen LogP contribution in [0.3, 0.4) is 0 Å². The number of rotatable bonds is 5. The second-order valence-corrected chi connectivity index (χ2v) is 4.81. The molecule has 15 heavy (non-hydrogen) atoms. The summed E-state index contributed by atoms with van der Waals surface area (Å²) in [6, 6.07) is 1.18. The third kappa shape index (κ3) is 3.87. The smallest absolute Gasteiger partial charge is 0.226 e. The summed E-state index contributed by atoms with van der Waals surface area (Å²) in [6.45, 7) is 2.03. The maximum atomic E-state index is 11.5. The highest BCUT2D eigenvalue weighted by Gasteiger charge is 2.06. The highest BCUT2D eigenvalue weighted by molar-refractivity contribution is 7.84. The Morgan fingerprint density at radius 2 is 2.27 bits per heavy atom. The van der Waals surface area contributed by atoms with Crippen LogP contribution in [0.5, 0.6) is 5.75 Å². The van der Waals surface area contributed by atoms with Gasteiger partial charge in [0.15, 0.2) is 5.75 Å². The Balaban J connectivity index is 2.61. The zero-order valence-corrected chi connectivity index (χ0v) is 9.38. The van der Waals surface area contributed by atoms with Crippen molar-refractivity contribution in [1.29, 1.82) is 0 Å². The summed E-state index contributed by atoms with van der Waals surface area (Å²) in [7, 11) is -1.00. The SMILES string of the molecule is CCCCS(=O)Cc1cc(=O)c(O)co1. The van der Waals surface area contributed by atoms with E-state index in [9.17, 15) is 9.00 Å². The van der Waals surface area contributed by atoms with Crippen molar-refractivity contribution in [3.8, 4) is 5.75 Å². The molecule has 0 bridgehead atoms. The maximum absolute atomic E-state index is 11.5. The van der Waals surface area contributed by atoms with E-state index in [1.165, 1.54) is 6.07 Å². The number of aromatic hydroxyl groups is 1. The molecule has 0 aliphatic rings. The molecule has 1 unspecified atom stereocenters. The first-order valence-corrected chi connectivity index (χ1v) is 6.28. The Hall–Kier alpha value is -1.10. The molecule has 0 amide bonds. The second kappa shape index (κ2) is 5.70. The molecule has 0 radical (unpaired) electrons. The number of hydrogen-bond acceptors (Lipinski definition) is 4. The average molecular weight is 230 g/mol. The van der Waals surface area contributed by atoms with Gasteiger partial charge in [0, 0.05) is 22.6 Å². The average Bonchev–Trinajstić information content (AvgIpc) is 2.20. The summed E-state index contributed by atoms with van der Waals surface area (Å²) >= 11 is 0. The molecule has 0 saturated heterocycles. The van der Waals surface area contributed by atoms with Gasteiger partial charge in [-0.25, -0.2) is 0 Å². The molecule has 0 aliphatic carbocycles. The van der Waals surface area contributed by atoms with Gasteiger partial charge < -0.3 is 9.52 Å². The van der Waals surface area contributed by atoms with Crippen LogP contribution in [0.15, 0.2) is 21.5 Å².